The lowest BCUT2D eigenvalue weighted by Crippen LogP contribution is -2.27. The van der Waals surface area contributed by atoms with Crippen molar-refractivity contribution < 1.29 is 22.7 Å². The van der Waals surface area contributed by atoms with E-state index in [1.807, 2.05) is 24.3 Å². The first-order valence-electron chi connectivity index (χ1n) is 8.07. The topological polar surface area (TPSA) is 67.6 Å². The number of amides is 1. The summed E-state index contributed by atoms with van der Waals surface area (Å²) in [6.45, 7) is 1.32. The number of hydrogen-bond acceptors (Lipinski definition) is 4. The van der Waals surface area contributed by atoms with Gasteiger partial charge in [0.05, 0.1) is 5.92 Å². The maximum atomic E-state index is 12.4. The second kappa shape index (κ2) is 7.15. The summed E-state index contributed by atoms with van der Waals surface area (Å²) in [6, 6.07) is 12.5. The third-order valence-corrected chi connectivity index (χ3v) is 4.17. The minimum absolute atomic E-state index is 0.160. The van der Waals surface area contributed by atoms with Crippen LogP contribution in [0.3, 0.4) is 0 Å². The predicted molar refractivity (Wildman–Crippen MR) is 92.9 cm³/mol. The number of ether oxygens (including phenoxy) is 1. The predicted octanol–water partition coefficient (Wildman–Crippen LogP) is 3.63. The van der Waals surface area contributed by atoms with E-state index < -0.39 is 6.36 Å². The second-order valence-electron chi connectivity index (χ2n) is 6.08. The average Bonchev–Trinajstić information content (AvgIpc) is 3.06. The van der Waals surface area contributed by atoms with Gasteiger partial charge in [-0.2, -0.15) is 0 Å². The first-order chi connectivity index (χ1) is 12.3. The summed E-state index contributed by atoms with van der Waals surface area (Å²) in [5.41, 5.74) is 7.79. The number of hydrogen-bond donors (Lipinski definition) is 2. The van der Waals surface area contributed by atoms with E-state index in [0.717, 1.165) is 12.2 Å². The molecule has 1 saturated heterocycles. The molecular formula is C18H18F3N3O2. The Morgan fingerprint density at radius 3 is 2.38 bits per heavy atom. The molecule has 1 heterocycles. The molecule has 8 heteroatoms. The molecule has 1 amide bonds. The van der Waals surface area contributed by atoms with Gasteiger partial charge >= 0.3 is 6.36 Å². The molecule has 0 saturated carbocycles. The van der Waals surface area contributed by atoms with Gasteiger partial charge in [0.2, 0.25) is 5.91 Å². The zero-order valence-corrected chi connectivity index (χ0v) is 13.8. The number of rotatable bonds is 4. The van der Waals surface area contributed by atoms with Crippen molar-refractivity contribution in [1.29, 1.82) is 0 Å². The van der Waals surface area contributed by atoms with Gasteiger partial charge in [-0.05, 0) is 55.0 Å². The molecule has 0 spiro atoms. The SMILES string of the molecule is Nc1ccc(N2CCC(C(=O)Nc3ccc(OC(F)(F)F)cc3)C2)cc1. The lowest BCUT2D eigenvalue weighted by Gasteiger charge is -2.18. The van der Waals surface area contributed by atoms with Crippen molar-refractivity contribution in [3.63, 3.8) is 0 Å². The van der Waals surface area contributed by atoms with Crippen LogP contribution in [0.25, 0.3) is 0 Å². The molecule has 0 aromatic heterocycles. The Morgan fingerprint density at radius 1 is 1.12 bits per heavy atom. The molecule has 138 valence electrons. The highest BCUT2D eigenvalue weighted by atomic mass is 19.4. The Balaban J connectivity index is 1.56. The van der Waals surface area contributed by atoms with E-state index >= 15 is 0 Å². The number of nitrogen functional groups attached to an aromatic ring is 1. The standard InChI is InChI=1S/C18H18F3N3O2/c19-18(20,21)26-16-7-3-14(4-8-16)23-17(25)12-9-10-24(11-12)15-5-1-13(22)2-6-15/h1-8,12H,9-11,22H2,(H,23,25). The number of nitrogens with zero attached hydrogens (tertiary/aromatic N) is 1. The van der Waals surface area contributed by atoms with Crippen LogP contribution in [0.15, 0.2) is 48.5 Å². The monoisotopic (exact) mass is 365 g/mol. The summed E-state index contributed by atoms with van der Waals surface area (Å²) >= 11 is 0. The summed E-state index contributed by atoms with van der Waals surface area (Å²) in [7, 11) is 0. The smallest absolute Gasteiger partial charge is 0.406 e. The molecule has 1 aliphatic heterocycles. The molecule has 1 unspecified atom stereocenters. The van der Waals surface area contributed by atoms with E-state index in [4.69, 9.17) is 5.73 Å². The Kier molecular flexibility index (Phi) is 4.92. The van der Waals surface area contributed by atoms with E-state index in [2.05, 4.69) is 15.0 Å². The molecule has 1 aliphatic rings. The molecule has 0 bridgehead atoms. The fraction of sp³-hybridized carbons (Fsp3) is 0.278. The number of nitrogens with two attached hydrogens (primary N) is 1. The zero-order valence-electron chi connectivity index (χ0n) is 13.8. The van der Waals surface area contributed by atoms with Gasteiger partial charge in [0.15, 0.2) is 0 Å². The first-order valence-corrected chi connectivity index (χ1v) is 8.07. The Labute approximate surface area is 148 Å². The number of nitrogens with one attached hydrogen (secondary N) is 1. The first kappa shape index (κ1) is 17.9. The van der Waals surface area contributed by atoms with Crippen LogP contribution in [-0.2, 0) is 4.79 Å². The van der Waals surface area contributed by atoms with Gasteiger partial charge in [0.1, 0.15) is 5.75 Å². The molecular weight excluding hydrogens is 347 g/mol. The molecule has 1 atom stereocenters. The summed E-state index contributed by atoms with van der Waals surface area (Å²) in [4.78, 5) is 14.5. The minimum Gasteiger partial charge on any atom is -0.406 e. The zero-order chi connectivity index (χ0) is 18.7. The number of anilines is 3. The summed E-state index contributed by atoms with van der Waals surface area (Å²) in [6.07, 6.45) is -4.04. The number of benzene rings is 2. The fourth-order valence-corrected chi connectivity index (χ4v) is 2.88. The van der Waals surface area contributed by atoms with Crippen molar-refractivity contribution in [3.05, 3.63) is 48.5 Å². The lowest BCUT2D eigenvalue weighted by atomic mass is 10.1. The maximum Gasteiger partial charge on any atom is 0.573 e. The molecule has 3 rings (SSSR count). The summed E-state index contributed by atoms with van der Waals surface area (Å²) < 4.78 is 40.3. The summed E-state index contributed by atoms with van der Waals surface area (Å²) in [5, 5.41) is 2.73. The molecule has 0 radical (unpaired) electrons. The van der Waals surface area contributed by atoms with Gasteiger partial charge in [-0.1, -0.05) is 0 Å². The molecule has 2 aromatic carbocycles. The number of carbonyl (C=O) groups excluding carboxylic acids is 1. The van der Waals surface area contributed by atoms with Crippen LogP contribution >= 0.6 is 0 Å². The van der Waals surface area contributed by atoms with Crippen molar-refractivity contribution >= 4 is 23.0 Å². The van der Waals surface area contributed by atoms with Crippen molar-refractivity contribution in [2.75, 3.05) is 29.0 Å². The van der Waals surface area contributed by atoms with E-state index in [0.29, 0.717) is 24.3 Å². The van der Waals surface area contributed by atoms with Gasteiger partial charge in [-0.3, -0.25) is 4.79 Å². The van der Waals surface area contributed by atoms with Gasteiger partial charge in [0, 0.05) is 30.2 Å². The normalized spacial score (nSPS) is 17.2. The van der Waals surface area contributed by atoms with Gasteiger partial charge < -0.3 is 20.7 Å². The van der Waals surface area contributed by atoms with E-state index in [-0.39, 0.29) is 17.6 Å². The number of alkyl halides is 3. The second-order valence-corrected chi connectivity index (χ2v) is 6.08. The number of carbonyl (C=O) groups is 1. The summed E-state index contributed by atoms with van der Waals surface area (Å²) in [5.74, 6) is -0.683. The van der Waals surface area contributed by atoms with Crippen LogP contribution in [0.4, 0.5) is 30.2 Å². The third-order valence-electron chi connectivity index (χ3n) is 4.17. The van der Waals surface area contributed by atoms with Crippen LogP contribution < -0.4 is 20.7 Å². The van der Waals surface area contributed by atoms with E-state index in [1.165, 1.54) is 24.3 Å². The quantitative estimate of drug-likeness (QED) is 0.812. The van der Waals surface area contributed by atoms with Crippen molar-refractivity contribution in [2.24, 2.45) is 5.92 Å². The van der Waals surface area contributed by atoms with Crippen molar-refractivity contribution in [2.45, 2.75) is 12.8 Å². The Bertz CT molecular complexity index is 761. The van der Waals surface area contributed by atoms with Crippen LogP contribution in [0.5, 0.6) is 5.75 Å². The molecule has 2 aromatic rings. The fourth-order valence-electron chi connectivity index (χ4n) is 2.88. The molecule has 0 aliphatic carbocycles. The van der Waals surface area contributed by atoms with E-state index in [1.54, 1.807) is 0 Å². The average molecular weight is 365 g/mol. The van der Waals surface area contributed by atoms with Gasteiger partial charge in [-0.15, -0.1) is 13.2 Å². The van der Waals surface area contributed by atoms with Crippen LogP contribution in [0, 0.1) is 5.92 Å². The van der Waals surface area contributed by atoms with Crippen LogP contribution in [0.1, 0.15) is 6.42 Å². The molecule has 5 nitrogen and oxygen atoms in total. The van der Waals surface area contributed by atoms with E-state index in [9.17, 15) is 18.0 Å². The highest BCUT2D eigenvalue weighted by Crippen LogP contribution is 2.27. The molecule has 3 N–H and O–H groups in total. The third kappa shape index (κ3) is 4.59. The van der Waals surface area contributed by atoms with Crippen molar-refractivity contribution in [1.82, 2.24) is 0 Å². The van der Waals surface area contributed by atoms with Crippen LogP contribution in [-0.4, -0.2) is 25.4 Å². The Morgan fingerprint density at radius 2 is 1.77 bits per heavy atom. The molecule has 26 heavy (non-hydrogen) atoms. The van der Waals surface area contributed by atoms with Gasteiger partial charge in [-0.25, -0.2) is 0 Å². The Hall–Kier alpha value is -2.90. The largest absolute Gasteiger partial charge is 0.573 e. The lowest BCUT2D eigenvalue weighted by molar-refractivity contribution is -0.274. The maximum absolute atomic E-state index is 12.4. The minimum atomic E-state index is -4.74. The highest BCUT2D eigenvalue weighted by Gasteiger charge is 2.31. The van der Waals surface area contributed by atoms with Gasteiger partial charge in [0.25, 0.3) is 0 Å². The number of halogens is 3. The molecule has 1 fully saturated rings. The van der Waals surface area contributed by atoms with Crippen LogP contribution in [0.2, 0.25) is 0 Å². The van der Waals surface area contributed by atoms with Crippen molar-refractivity contribution in [3.8, 4) is 5.75 Å². The highest BCUT2D eigenvalue weighted by molar-refractivity contribution is 5.93.